The third-order valence-electron chi connectivity index (χ3n) is 6.29. The van der Waals surface area contributed by atoms with E-state index in [0.717, 1.165) is 22.7 Å². The Morgan fingerprint density at radius 3 is 2.61 bits per heavy atom. The molecule has 0 aliphatic carbocycles. The standard InChI is InChI=1S/C24H29N3O6/c1-15-12-18(16(2)26(15)8-11-31-4)19(28)14-27-22(29)24(3,25-23(27)30)17-6-7-20-21(13-17)33-10-5-9-32-20/h6-7,12-13H,5,8-11,14H2,1-4H3,(H,25,30). The SMILES string of the molecule is COCCn1c(C)cc(C(=O)CN2C(=O)NC(C)(c3ccc4c(c3)OCCCO4)C2=O)c1C. The molecule has 1 saturated heterocycles. The number of aryl methyl sites for hydroxylation is 1. The van der Waals surface area contributed by atoms with Crippen molar-refractivity contribution >= 4 is 17.7 Å². The maximum atomic E-state index is 13.3. The van der Waals surface area contributed by atoms with Gasteiger partial charge in [0.2, 0.25) is 0 Å². The third-order valence-corrected chi connectivity index (χ3v) is 6.29. The quantitative estimate of drug-likeness (QED) is 0.509. The molecular weight excluding hydrogens is 426 g/mol. The predicted molar refractivity (Wildman–Crippen MR) is 120 cm³/mol. The van der Waals surface area contributed by atoms with Crippen LogP contribution in [0.4, 0.5) is 4.79 Å². The molecule has 4 rings (SSSR count). The molecule has 0 spiro atoms. The molecule has 2 aliphatic heterocycles. The summed E-state index contributed by atoms with van der Waals surface area (Å²) in [5.41, 5.74) is 1.46. The smallest absolute Gasteiger partial charge is 0.325 e. The number of amides is 3. The first-order valence-corrected chi connectivity index (χ1v) is 11.0. The summed E-state index contributed by atoms with van der Waals surface area (Å²) in [7, 11) is 1.62. The zero-order valence-corrected chi connectivity index (χ0v) is 19.4. The molecule has 1 unspecified atom stereocenters. The number of rotatable bonds is 7. The molecule has 1 aromatic heterocycles. The Labute approximate surface area is 192 Å². The lowest BCUT2D eigenvalue weighted by molar-refractivity contribution is -0.130. The van der Waals surface area contributed by atoms with Crippen molar-refractivity contribution in [3.05, 3.63) is 46.8 Å². The van der Waals surface area contributed by atoms with Crippen LogP contribution in [0.3, 0.4) is 0 Å². The summed E-state index contributed by atoms with van der Waals surface area (Å²) in [4.78, 5) is 40.1. The Balaban J connectivity index is 1.55. The van der Waals surface area contributed by atoms with Crippen molar-refractivity contribution < 1.29 is 28.6 Å². The molecule has 0 bridgehead atoms. The van der Waals surface area contributed by atoms with Gasteiger partial charge in [-0.15, -0.1) is 0 Å². The van der Waals surface area contributed by atoms with Crippen molar-refractivity contribution in [2.24, 2.45) is 0 Å². The van der Waals surface area contributed by atoms with Gasteiger partial charge in [0.25, 0.3) is 5.91 Å². The zero-order valence-electron chi connectivity index (χ0n) is 19.4. The minimum atomic E-state index is -1.31. The lowest BCUT2D eigenvalue weighted by Gasteiger charge is -2.23. The number of carbonyl (C=O) groups excluding carboxylic acids is 3. The van der Waals surface area contributed by atoms with Crippen molar-refractivity contribution in [1.29, 1.82) is 0 Å². The Morgan fingerprint density at radius 1 is 1.15 bits per heavy atom. The van der Waals surface area contributed by atoms with E-state index >= 15 is 0 Å². The highest BCUT2D eigenvalue weighted by molar-refractivity contribution is 6.11. The number of ketones is 1. The molecule has 3 heterocycles. The minimum Gasteiger partial charge on any atom is -0.490 e. The molecule has 33 heavy (non-hydrogen) atoms. The summed E-state index contributed by atoms with van der Waals surface area (Å²) in [5.74, 6) is 0.362. The Morgan fingerprint density at radius 2 is 1.88 bits per heavy atom. The van der Waals surface area contributed by atoms with Gasteiger partial charge in [-0.05, 0) is 44.5 Å². The normalized spacial score (nSPS) is 20.1. The lowest BCUT2D eigenvalue weighted by atomic mass is 9.91. The molecule has 1 atom stereocenters. The minimum absolute atomic E-state index is 0.293. The van der Waals surface area contributed by atoms with Gasteiger partial charge in [-0.3, -0.25) is 14.5 Å². The maximum absolute atomic E-state index is 13.3. The van der Waals surface area contributed by atoms with Gasteiger partial charge in [0.05, 0.1) is 26.4 Å². The predicted octanol–water partition coefficient (Wildman–Crippen LogP) is 2.56. The molecule has 1 N–H and O–H groups in total. The number of imide groups is 1. The van der Waals surface area contributed by atoms with Gasteiger partial charge < -0.3 is 24.1 Å². The van der Waals surface area contributed by atoms with E-state index in [4.69, 9.17) is 14.2 Å². The molecule has 2 aliphatic rings. The monoisotopic (exact) mass is 455 g/mol. The molecule has 2 aromatic rings. The Kier molecular flexibility index (Phi) is 6.16. The molecule has 3 amide bonds. The fourth-order valence-corrected chi connectivity index (χ4v) is 4.35. The fraction of sp³-hybridized carbons (Fsp3) is 0.458. The van der Waals surface area contributed by atoms with E-state index < -0.39 is 17.5 Å². The second-order valence-corrected chi connectivity index (χ2v) is 8.51. The van der Waals surface area contributed by atoms with Crippen molar-refractivity contribution in [3.63, 3.8) is 0 Å². The van der Waals surface area contributed by atoms with E-state index in [1.165, 1.54) is 0 Å². The summed E-state index contributed by atoms with van der Waals surface area (Å²) < 4.78 is 18.5. The average molecular weight is 456 g/mol. The number of fused-ring (bicyclic) bond motifs is 1. The Bertz CT molecular complexity index is 1110. The third kappa shape index (κ3) is 4.08. The van der Waals surface area contributed by atoms with Crippen molar-refractivity contribution in [1.82, 2.24) is 14.8 Å². The second kappa shape index (κ2) is 8.90. The largest absolute Gasteiger partial charge is 0.490 e. The van der Waals surface area contributed by atoms with Gasteiger partial charge in [0, 0.05) is 37.0 Å². The van der Waals surface area contributed by atoms with Crippen LogP contribution in [0.1, 0.15) is 40.7 Å². The number of aromatic nitrogens is 1. The fourth-order valence-electron chi connectivity index (χ4n) is 4.35. The number of hydrogen-bond acceptors (Lipinski definition) is 6. The molecule has 9 nitrogen and oxygen atoms in total. The first-order chi connectivity index (χ1) is 15.8. The zero-order chi connectivity index (χ0) is 23.8. The highest BCUT2D eigenvalue weighted by atomic mass is 16.5. The molecule has 1 fully saturated rings. The first-order valence-electron chi connectivity index (χ1n) is 11.0. The highest BCUT2D eigenvalue weighted by Gasteiger charge is 2.50. The van der Waals surface area contributed by atoms with Gasteiger partial charge in [-0.25, -0.2) is 4.79 Å². The molecule has 176 valence electrons. The van der Waals surface area contributed by atoms with Crippen LogP contribution >= 0.6 is 0 Å². The summed E-state index contributed by atoms with van der Waals surface area (Å²) in [6.07, 6.45) is 0.763. The van der Waals surface area contributed by atoms with E-state index in [-0.39, 0.29) is 12.3 Å². The molecule has 0 saturated carbocycles. The van der Waals surface area contributed by atoms with Crippen LogP contribution in [0, 0.1) is 13.8 Å². The van der Waals surface area contributed by atoms with Crippen molar-refractivity contribution in [2.45, 2.75) is 39.3 Å². The van der Waals surface area contributed by atoms with Gasteiger partial charge in [0.1, 0.15) is 5.54 Å². The molecule has 9 heteroatoms. The molecule has 1 aromatic carbocycles. The molecule has 0 radical (unpaired) electrons. The number of urea groups is 1. The van der Waals surface area contributed by atoms with Crippen molar-refractivity contribution in [3.8, 4) is 11.5 Å². The van der Waals surface area contributed by atoms with E-state index in [1.807, 2.05) is 18.4 Å². The topological polar surface area (TPSA) is 99.1 Å². The van der Waals surface area contributed by atoms with Crippen LogP contribution in [-0.2, 0) is 21.6 Å². The van der Waals surface area contributed by atoms with E-state index in [1.54, 1.807) is 38.3 Å². The van der Waals surface area contributed by atoms with Crippen LogP contribution in [0.2, 0.25) is 0 Å². The van der Waals surface area contributed by atoms with E-state index in [0.29, 0.717) is 49.0 Å². The van der Waals surface area contributed by atoms with Crippen LogP contribution in [-0.4, -0.2) is 60.7 Å². The second-order valence-electron chi connectivity index (χ2n) is 8.51. The number of hydrogen-bond donors (Lipinski definition) is 1. The van der Waals surface area contributed by atoms with Gasteiger partial charge in [-0.2, -0.15) is 0 Å². The highest BCUT2D eigenvalue weighted by Crippen LogP contribution is 2.36. The maximum Gasteiger partial charge on any atom is 0.325 e. The van der Waals surface area contributed by atoms with Crippen LogP contribution in [0.25, 0.3) is 0 Å². The first kappa shape index (κ1) is 22.8. The number of Topliss-reactive ketones (excluding diaryl/α,β-unsaturated/α-hetero) is 1. The number of benzene rings is 1. The summed E-state index contributed by atoms with van der Waals surface area (Å²) >= 11 is 0. The van der Waals surface area contributed by atoms with E-state index in [2.05, 4.69) is 5.32 Å². The summed E-state index contributed by atoms with van der Waals surface area (Å²) in [5, 5.41) is 2.75. The summed E-state index contributed by atoms with van der Waals surface area (Å²) in [6, 6.07) is 6.38. The van der Waals surface area contributed by atoms with E-state index in [9.17, 15) is 14.4 Å². The number of carbonyl (C=O) groups is 3. The van der Waals surface area contributed by atoms with Crippen molar-refractivity contribution in [2.75, 3.05) is 33.5 Å². The number of nitrogens with zero attached hydrogens (tertiary/aromatic N) is 2. The van der Waals surface area contributed by atoms with Gasteiger partial charge >= 0.3 is 6.03 Å². The van der Waals surface area contributed by atoms with Crippen LogP contribution in [0.15, 0.2) is 24.3 Å². The Hall–Kier alpha value is -3.33. The lowest BCUT2D eigenvalue weighted by Crippen LogP contribution is -2.41. The van der Waals surface area contributed by atoms with Gasteiger partial charge in [0.15, 0.2) is 17.3 Å². The van der Waals surface area contributed by atoms with Gasteiger partial charge in [-0.1, -0.05) is 6.07 Å². The number of ether oxygens (including phenoxy) is 3. The number of nitrogens with one attached hydrogen (secondary N) is 1. The average Bonchev–Trinajstić information content (AvgIpc) is 3.06. The van der Waals surface area contributed by atoms with Crippen LogP contribution < -0.4 is 14.8 Å². The van der Waals surface area contributed by atoms with Crippen LogP contribution in [0.5, 0.6) is 11.5 Å². The number of methoxy groups -OCH3 is 1. The molecular formula is C24H29N3O6. The summed E-state index contributed by atoms with van der Waals surface area (Å²) in [6.45, 7) is 7.26.